The van der Waals surface area contributed by atoms with Crippen molar-refractivity contribution in [2.24, 2.45) is 0 Å². The number of carboxylic acids is 1. The Morgan fingerprint density at radius 1 is 1.47 bits per heavy atom. The molecule has 0 saturated carbocycles. The molecule has 19 heavy (non-hydrogen) atoms. The highest BCUT2D eigenvalue weighted by Crippen LogP contribution is 2.27. The van der Waals surface area contributed by atoms with Crippen LogP contribution in [-0.2, 0) is 0 Å². The predicted molar refractivity (Wildman–Crippen MR) is 71.6 cm³/mol. The Kier molecular flexibility index (Phi) is 2.98. The molecule has 1 atom stereocenters. The average molecular weight is 259 g/mol. The number of fused-ring (bicyclic) bond motifs is 1. The van der Waals surface area contributed by atoms with Gasteiger partial charge in [0.15, 0.2) is 5.69 Å². The van der Waals surface area contributed by atoms with Crippen LogP contribution in [0, 0.1) is 0 Å². The van der Waals surface area contributed by atoms with Crippen LogP contribution in [0.25, 0.3) is 5.52 Å². The summed E-state index contributed by atoms with van der Waals surface area (Å²) < 4.78 is 1.92. The van der Waals surface area contributed by atoms with Gasteiger partial charge in [0.2, 0.25) is 0 Å². The van der Waals surface area contributed by atoms with E-state index in [0.717, 1.165) is 31.8 Å². The second-order valence-electron chi connectivity index (χ2n) is 5.18. The molecule has 2 aromatic heterocycles. The predicted octanol–water partition coefficient (Wildman–Crippen LogP) is 1.84. The molecule has 1 aliphatic rings. The Bertz CT molecular complexity index is 620. The maximum Gasteiger partial charge on any atom is 0.356 e. The number of carboxylic acid groups (broad SMARTS) is 1. The van der Waals surface area contributed by atoms with Gasteiger partial charge in [-0.05, 0) is 38.6 Å². The van der Waals surface area contributed by atoms with Gasteiger partial charge in [-0.25, -0.2) is 9.78 Å². The van der Waals surface area contributed by atoms with Gasteiger partial charge in [0.05, 0.1) is 5.52 Å². The summed E-state index contributed by atoms with van der Waals surface area (Å²) in [6.07, 6.45) is 4.10. The standard InChI is InChI=1S/C14H17N3O2/c1-16-7-4-5-10(9-16)13-15-12(14(18)19)11-6-2-3-8-17(11)13/h2-3,6,8,10H,4-5,7,9H2,1H3,(H,18,19). The Morgan fingerprint density at radius 2 is 2.32 bits per heavy atom. The number of likely N-dealkylation sites (N-methyl/N-ethyl adjacent to an activating group) is 1. The summed E-state index contributed by atoms with van der Waals surface area (Å²) in [5, 5.41) is 9.26. The first kappa shape index (κ1) is 12.2. The number of nitrogens with zero attached hydrogens (tertiary/aromatic N) is 3. The topological polar surface area (TPSA) is 57.8 Å². The Balaban J connectivity index is 2.10. The third-order valence-corrected chi connectivity index (χ3v) is 3.77. The summed E-state index contributed by atoms with van der Waals surface area (Å²) in [5.41, 5.74) is 0.835. The minimum atomic E-state index is -0.959. The molecule has 0 spiro atoms. The Hall–Kier alpha value is -1.88. The number of aromatic nitrogens is 2. The third kappa shape index (κ3) is 2.10. The van der Waals surface area contributed by atoms with Crippen molar-refractivity contribution in [2.45, 2.75) is 18.8 Å². The van der Waals surface area contributed by atoms with E-state index in [-0.39, 0.29) is 5.69 Å². The highest BCUT2D eigenvalue weighted by Gasteiger charge is 2.25. The average Bonchev–Trinajstić information content (AvgIpc) is 2.78. The second-order valence-corrected chi connectivity index (χ2v) is 5.18. The smallest absolute Gasteiger partial charge is 0.356 e. The fourth-order valence-electron chi connectivity index (χ4n) is 2.88. The maximum atomic E-state index is 11.3. The summed E-state index contributed by atoms with van der Waals surface area (Å²) in [6.45, 7) is 2.04. The number of aromatic carboxylic acids is 1. The zero-order chi connectivity index (χ0) is 13.4. The van der Waals surface area contributed by atoms with Crippen molar-refractivity contribution >= 4 is 11.5 Å². The molecule has 5 heteroatoms. The molecule has 1 N–H and O–H groups in total. The van der Waals surface area contributed by atoms with E-state index in [1.807, 2.05) is 28.8 Å². The molecule has 0 aliphatic carbocycles. The normalized spacial score (nSPS) is 20.8. The van der Waals surface area contributed by atoms with Crippen LogP contribution >= 0.6 is 0 Å². The van der Waals surface area contributed by atoms with Crippen molar-refractivity contribution < 1.29 is 9.90 Å². The summed E-state index contributed by atoms with van der Waals surface area (Å²) in [7, 11) is 2.10. The lowest BCUT2D eigenvalue weighted by Gasteiger charge is -2.28. The number of carbonyl (C=O) groups is 1. The van der Waals surface area contributed by atoms with Crippen LogP contribution in [0.1, 0.15) is 35.1 Å². The molecule has 0 radical (unpaired) electrons. The van der Waals surface area contributed by atoms with Crippen LogP contribution in [0.3, 0.4) is 0 Å². The van der Waals surface area contributed by atoms with E-state index in [9.17, 15) is 9.90 Å². The quantitative estimate of drug-likeness (QED) is 0.894. The number of likely N-dealkylation sites (tertiary alicyclic amines) is 1. The second kappa shape index (κ2) is 4.66. The van der Waals surface area contributed by atoms with E-state index in [4.69, 9.17) is 0 Å². The van der Waals surface area contributed by atoms with Crippen LogP contribution in [0.4, 0.5) is 0 Å². The van der Waals surface area contributed by atoms with E-state index in [0.29, 0.717) is 11.4 Å². The Morgan fingerprint density at radius 3 is 3.05 bits per heavy atom. The molecule has 3 rings (SSSR count). The van der Waals surface area contributed by atoms with Crippen molar-refractivity contribution in [1.82, 2.24) is 14.3 Å². The molecule has 1 saturated heterocycles. The summed E-state index contributed by atoms with van der Waals surface area (Å²) in [4.78, 5) is 17.9. The number of pyridine rings is 1. The molecule has 5 nitrogen and oxygen atoms in total. The van der Waals surface area contributed by atoms with Crippen molar-refractivity contribution in [2.75, 3.05) is 20.1 Å². The fourth-order valence-corrected chi connectivity index (χ4v) is 2.88. The first-order valence-corrected chi connectivity index (χ1v) is 6.55. The highest BCUT2D eigenvalue weighted by atomic mass is 16.4. The molecule has 0 bridgehead atoms. The van der Waals surface area contributed by atoms with Gasteiger partial charge in [0.25, 0.3) is 0 Å². The number of piperidine rings is 1. The first-order valence-electron chi connectivity index (χ1n) is 6.55. The van der Waals surface area contributed by atoms with Crippen LogP contribution in [-0.4, -0.2) is 45.5 Å². The van der Waals surface area contributed by atoms with Crippen molar-refractivity contribution in [1.29, 1.82) is 0 Å². The zero-order valence-corrected chi connectivity index (χ0v) is 10.9. The van der Waals surface area contributed by atoms with E-state index in [1.54, 1.807) is 0 Å². The van der Waals surface area contributed by atoms with Gasteiger partial charge in [-0.3, -0.25) is 0 Å². The highest BCUT2D eigenvalue weighted by molar-refractivity contribution is 5.93. The number of hydrogen-bond donors (Lipinski definition) is 1. The minimum absolute atomic E-state index is 0.156. The van der Waals surface area contributed by atoms with Crippen molar-refractivity contribution in [3.8, 4) is 0 Å². The number of rotatable bonds is 2. The van der Waals surface area contributed by atoms with Crippen LogP contribution < -0.4 is 0 Å². The molecule has 3 heterocycles. The van der Waals surface area contributed by atoms with Gasteiger partial charge in [0, 0.05) is 18.7 Å². The summed E-state index contributed by atoms with van der Waals surface area (Å²) in [6, 6.07) is 5.57. The largest absolute Gasteiger partial charge is 0.476 e. The first-order chi connectivity index (χ1) is 9.16. The zero-order valence-electron chi connectivity index (χ0n) is 10.9. The van der Waals surface area contributed by atoms with Crippen LogP contribution in [0.15, 0.2) is 24.4 Å². The van der Waals surface area contributed by atoms with Gasteiger partial charge in [-0.2, -0.15) is 0 Å². The molecule has 1 unspecified atom stereocenters. The van der Waals surface area contributed by atoms with E-state index >= 15 is 0 Å². The monoisotopic (exact) mass is 259 g/mol. The van der Waals surface area contributed by atoms with E-state index in [1.165, 1.54) is 0 Å². The third-order valence-electron chi connectivity index (χ3n) is 3.77. The molecule has 1 fully saturated rings. The molecule has 1 aliphatic heterocycles. The van der Waals surface area contributed by atoms with E-state index in [2.05, 4.69) is 16.9 Å². The van der Waals surface area contributed by atoms with Gasteiger partial charge in [-0.15, -0.1) is 0 Å². The molecule has 0 amide bonds. The van der Waals surface area contributed by atoms with Gasteiger partial charge in [-0.1, -0.05) is 6.07 Å². The lowest BCUT2D eigenvalue weighted by Crippen LogP contribution is -2.31. The van der Waals surface area contributed by atoms with E-state index < -0.39 is 5.97 Å². The molecule has 100 valence electrons. The molecule has 0 aromatic carbocycles. The lowest BCUT2D eigenvalue weighted by atomic mass is 9.98. The van der Waals surface area contributed by atoms with Crippen molar-refractivity contribution in [3.05, 3.63) is 35.9 Å². The summed E-state index contributed by atoms with van der Waals surface area (Å²) in [5.74, 6) is 0.223. The number of imidazole rings is 1. The maximum absolute atomic E-state index is 11.3. The van der Waals surface area contributed by atoms with Crippen molar-refractivity contribution in [3.63, 3.8) is 0 Å². The van der Waals surface area contributed by atoms with Crippen LogP contribution in [0.2, 0.25) is 0 Å². The number of hydrogen-bond acceptors (Lipinski definition) is 3. The van der Waals surface area contributed by atoms with Gasteiger partial charge in [0.1, 0.15) is 5.82 Å². The van der Waals surface area contributed by atoms with Crippen LogP contribution in [0.5, 0.6) is 0 Å². The fraction of sp³-hybridized carbons (Fsp3) is 0.429. The minimum Gasteiger partial charge on any atom is -0.476 e. The SMILES string of the molecule is CN1CCCC(c2nc(C(=O)O)c3ccccn23)C1. The molecular formula is C14H17N3O2. The summed E-state index contributed by atoms with van der Waals surface area (Å²) >= 11 is 0. The molecule has 2 aromatic rings. The van der Waals surface area contributed by atoms with Gasteiger partial charge >= 0.3 is 5.97 Å². The molecular weight excluding hydrogens is 242 g/mol. The lowest BCUT2D eigenvalue weighted by molar-refractivity contribution is 0.0693. The van der Waals surface area contributed by atoms with Gasteiger partial charge < -0.3 is 14.4 Å². The Labute approximate surface area is 111 Å².